The highest BCUT2D eigenvalue weighted by Crippen LogP contribution is 2.14. The summed E-state index contributed by atoms with van der Waals surface area (Å²) in [6.07, 6.45) is -0.623. The summed E-state index contributed by atoms with van der Waals surface area (Å²) in [5, 5.41) is 13.3. The second kappa shape index (κ2) is 8.46. The van der Waals surface area contributed by atoms with Gasteiger partial charge in [0.1, 0.15) is 18.5 Å². The Morgan fingerprint density at radius 1 is 1.17 bits per heavy atom. The van der Waals surface area contributed by atoms with Crippen LogP contribution in [0.1, 0.15) is 35.8 Å². The maximum Gasteiger partial charge on any atom is 0.159 e. The van der Waals surface area contributed by atoms with Crippen molar-refractivity contribution in [2.24, 2.45) is 0 Å². The average Bonchev–Trinajstić information content (AvgIpc) is 2.58. The van der Waals surface area contributed by atoms with Crippen molar-refractivity contribution in [2.75, 3.05) is 13.2 Å². The predicted molar refractivity (Wildman–Crippen MR) is 90.8 cm³/mol. The molecule has 1 unspecified atom stereocenters. The fraction of sp³-hybridized carbons (Fsp3) is 0.316. The molecule has 2 aromatic rings. The van der Waals surface area contributed by atoms with E-state index in [1.807, 2.05) is 30.3 Å². The molecule has 0 aliphatic heterocycles. The third kappa shape index (κ3) is 5.51. The Labute approximate surface area is 137 Å². The topological polar surface area (TPSA) is 58.6 Å². The number of hydrogen-bond donors (Lipinski definition) is 2. The zero-order valence-electron chi connectivity index (χ0n) is 13.5. The number of ether oxygens (including phenoxy) is 1. The molecule has 2 N–H and O–H groups in total. The Morgan fingerprint density at radius 3 is 2.61 bits per heavy atom. The van der Waals surface area contributed by atoms with E-state index in [2.05, 4.69) is 12.2 Å². The minimum absolute atomic E-state index is 0.00523. The summed E-state index contributed by atoms with van der Waals surface area (Å²) in [4.78, 5) is 11.3. The molecule has 4 heteroatoms. The van der Waals surface area contributed by atoms with Gasteiger partial charge in [-0.05, 0) is 31.5 Å². The summed E-state index contributed by atoms with van der Waals surface area (Å²) in [5.41, 5.74) is 1.78. The highest BCUT2D eigenvalue weighted by Gasteiger charge is 2.10. The van der Waals surface area contributed by atoms with Crippen molar-refractivity contribution in [3.8, 4) is 5.75 Å². The van der Waals surface area contributed by atoms with Crippen LogP contribution in [0.4, 0.5) is 0 Å². The number of carbonyl (C=O) groups is 1. The smallest absolute Gasteiger partial charge is 0.159 e. The van der Waals surface area contributed by atoms with Crippen LogP contribution in [0.15, 0.2) is 54.6 Å². The molecule has 0 aromatic heterocycles. The lowest BCUT2D eigenvalue weighted by Crippen LogP contribution is -2.33. The lowest BCUT2D eigenvalue weighted by molar-refractivity contribution is 0.101. The van der Waals surface area contributed by atoms with Crippen LogP contribution in [-0.4, -0.2) is 30.1 Å². The van der Waals surface area contributed by atoms with Crippen molar-refractivity contribution in [1.29, 1.82) is 0 Å². The molecule has 2 aromatic carbocycles. The molecule has 0 saturated heterocycles. The molecule has 0 fully saturated rings. The highest BCUT2D eigenvalue weighted by molar-refractivity contribution is 5.94. The normalized spacial score (nSPS) is 13.3. The quantitative estimate of drug-likeness (QED) is 0.736. The largest absolute Gasteiger partial charge is 0.491 e. The van der Waals surface area contributed by atoms with Crippen LogP contribution < -0.4 is 10.1 Å². The Kier molecular flexibility index (Phi) is 6.32. The van der Waals surface area contributed by atoms with E-state index in [1.165, 1.54) is 12.5 Å². The monoisotopic (exact) mass is 313 g/mol. The molecule has 0 heterocycles. The Bertz CT molecular complexity index is 628. The van der Waals surface area contributed by atoms with Gasteiger partial charge < -0.3 is 15.2 Å². The molecule has 0 radical (unpaired) electrons. The van der Waals surface area contributed by atoms with Crippen molar-refractivity contribution in [3.05, 3.63) is 65.7 Å². The summed E-state index contributed by atoms with van der Waals surface area (Å²) in [6.45, 7) is 4.18. The Hall–Kier alpha value is -2.17. The van der Waals surface area contributed by atoms with Crippen molar-refractivity contribution in [3.63, 3.8) is 0 Å². The molecule has 0 amide bonds. The lowest BCUT2D eigenvalue weighted by Gasteiger charge is -2.18. The van der Waals surface area contributed by atoms with E-state index in [9.17, 15) is 9.90 Å². The third-order valence-corrected chi connectivity index (χ3v) is 3.64. The summed E-state index contributed by atoms with van der Waals surface area (Å²) < 4.78 is 5.55. The highest BCUT2D eigenvalue weighted by atomic mass is 16.5. The zero-order chi connectivity index (χ0) is 16.7. The fourth-order valence-electron chi connectivity index (χ4n) is 2.23. The van der Waals surface area contributed by atoms with Crippen LogP contribution in [0, 0.1) is 0 Å². The van der Waals surface area contributed by atoms with Gasteiger partial charge in [0.2, 0.25) is 0 Å². The number of hydrogen-bond acceptors (Lipinski definition) is 4. The molecule has 0 aliphatic rings. The van der Waals surface area contributed by atoms with Crippen LogP contribution in [0.5, 0.6) is 5.75 Å². The first kappa shape index (κ1) is 17.2. The van der Waals surface area contributed by atoms with Crippen LogP contribution in [0.25, 0.3) is 0 Å². The minimum Gasteiger partial charge on any atom is -0.491 e. The number of carbonyl (C=O) groups excluding carboxylic acids is 1. The van der Waals surface area contributed by atoms with Crippen molar-refractivity contribution < 1.29 is 14.6 Å². The van der Waals surface area contributed by atoms with Gasteiger partial charge in [-0.2, -0.15) is 0 Å². The van der Waals surface area contributed by atoms with E-state index < -0.39 is 6.10 Å². The van der Waals surface area contributed by atoms with E-state index in [4.69, 9.17) is 4.74 Å². The van der Waals surface area contributed by atoms with Crippen molar-refractivity contribution in [1.82, 2.24) is 5.32 Å². The van der Waals surface area contributed by atoms with E-state index in [1.54, 1.807) is 24.3 Å². The van der Waals surface area contributed by atoms with E-state index in [0.29, 0.717) is 17.9 Å². The van der Waals surface area contributed by atoms with Crippen molar-refractivity contribution in [2.45, 2.75) is 26.0 Å². The first-order valence-electron chi connectivity index (χ1n) is 7.76. The summed E-state index contributed by atoms with van der Waals surface area (Å²) in [5.74, 6) is 0.585. The van der Waals surface area contributed by atoms with Gasteiger partial charge in [-0.1, -0.05) is 42.5 Å². The zero-order valence-corrected chi connectivity index (χ0v) is 13.5. The maximum absolute atomic E-state index is 11.3. The van der Waals surface area contributed by atoms with Gasteiger partial charge in [0, 0.05) is 18.2 Å². The molecule has 4 nitrogen and oxygen atoms in total. The van der Waals surface area contributed by atoms with Gasteiger partial charge in [0.15, 0.2) is 5.78 Å². The SMILES string of the molecule is CC(=O)c1cccc(OCC(O)CN[C@@H](C)c2ccccc2)c1. The van der Waals surface area contributed by atoms with Gasteiger partial charge in [-0.15, -0.1) is 0 Å². The first-order valence-corrected chi connectivity index (χ1v) is 7.76. The molecule has 0 saturated carbocycles. The molecule has 122 valence electrons. The second-order valence-corrected chi connectivity index (χ2v) is 5.59. The number of rotatable bonds is 8. The van der Waals surface area contributed by atoms with Gasteiger partial charge in [-0.25, -0.2) is 0 Å². The number of Topliss-reactive ketones (excluding diaryl/α,β-unsaturated/α-hetero) is 1. The molecular formula is C19H23NO3. The van der Waals surface area contributed by atoms with Gasteiger partial charge >= 0.3 is 0 Å². The number of aliphatic hydroxyl groups excluding tert-OH is 1. The summed E-state index contributed by atoms with van der Waals surface area (Å²) in [7, 11) is 0. The van der Waals surface area contributed by atoms with Crippen LogP contribution >= 0.6 is 0 Å². The number of nitrogens with one attached hydrogen (secondary N) is 1. The molecule has 0 spiro atoms. The van der Waals surface area contributed by atoms with Gasteiger partial charge in [-0.3, -0.25) is 4.79 Å². The van der Waals surface area contributed by atoms with Crippen LogP contribution in [-0.2, 0) is 0 Å². The molecule has 0 aliphatic carbocycles. The number of ketones is 1. The lowest BCUT2D eigenvalue weighted by atomic mass is 10.1. The fourth-order valence-corrected chi connectivity index (χ4v) is 2.23. The maximum atomic E-state index is 11.3. The molecule has 2 atom stereocenters. The van der Waals surface area contributed by atoms with Gasteiger partial charge in [0.05, 0.1) is 0 Å². The number of benzene rings is 2. The molecule has 0 bridgehead atoms. The van der Waals surface area contributed by atoms with E-state index in [-0.39, 0.29) is 18.4 Å². The second-order valence-electron chi connectivity index (χ2n) is 5.59. The van der Waals surface area contributed by atoms with E-state index >= 15 is 0 Å². The van der Waals surface area contributed by atoms with Crippen LogP contribution in [0.3, 0.4) is 0 Å². The molecular weight excluding hydrogens is 290 g/mol. The predicted octanol–water partition coefficient (Wildman–Crippen LogP) is 2.98. The minimum atomic E-state index is -0.623. The van der Waals surface area contributed by atoms with Crippen molar-refractivity contribution >= 4 is 5.78 Å². The molecule has 23 heavy (non-hydrogen) atoms. The Balaban J connectivity index is 1.78. The summed E-state index contributed by atoms with van der Waals surface area (Å²) in [6, 6.07) is 17.2. The van der Waals surface area contributed by atoms with Crippen LogP contribution in [0.2, 0.25) is 0 Å². The standard InChI is InChI=1S/C19H23NO3/c1-14(16-7-4-3-5-8-16)20-12-18(22)13-23-19-10-6-9-17(11-19)15(2)21/h3-11,14,18,20,22H,12-13H2,1-2H3/t14-,18?/m0/s1. The molecule has 2 rings (SSSR count). The Morgan fingerprint density at radius 2 is 1.91 bits per heavy atom. The summed E-state index contributed by atoms with van der Waals surface area (Å²) >= 11 is 0. The average molecular weight is 313 g/mol. The third-order valence-electron chi connectivity index (χ3n) is 3.64. The van der Waals surface area contributed by atoms with E-state index in [0.717, 1.165) is 0 Å². The number of aliphatic hydroxyl groups is 1. The van der Waals surface area contributed by atoms with Gasteiger partial charge in [0.25, 0.3) is 0 Å². The first-order chi connectivity index (χ1) is 11.1.